The number of hydrogen-bond donors (Lipinski definition) is 1. The van der Waals surface area contributed by atoms with Crippen LogP contribution >= 0.6 is 11.3 Å². The van der Waals surface area contributed by atoms with Gasteiger partial charge in [-0.1, -0.05) is 0 Å². The number of nitrogens with zero attached hydrogens (tertiary/aromatic N) is 2. The molecule has 1 aromatic rings. The van der Waals surface area contributed by atoms with Crippen molar-refractivity contribution in [2.75, 3.05) is 13.1 Å². The van der Waals surface area contributed by atoms with Crippen LogP contribution in [0.25, 0.3) is 0 Å². The van der Waals surface area contributed by atoms with Gasteiger partial charge in [-0.05, 0) is 13.3 Å². The van der Waals surface area contributed by atoms with Gasteiger partial charge in [0.2, 0.25) is 0 Å². The van der Waals surface area contributed by atoms with E-state index in [-0.39, 0.29) is 0 Å². The van der Waals surface area contributed by atoms with E-state index >= 15 is 0 Å². The summed E-state index contributed by atoms with van der Waals surface area (Å²) in [6.07, 6.45) is 2.99. The monoisotopic (exact) mass is 197 g/mol. The maximum atomic E-state index is 5.86. The van der Waals surface area contributed by atoms with E-state index in [2.05, 4.69) is 16.8 Å². The van der Waals surface area contributed by atoms with E-state index in [4.69, 9.17) is 5.73 Å². The summed E-state index contributed by atoms with van der Waals surface area (Å²) in [5.41, 5.74) is 5.86. The van der Waals surface area contributed by atoms with Crippen LogP contribution in [-0.2, 0) is 0 Å². The molecule has 0 aliphatic carbocycles. The molecule has 0 amide bonds. The lowest BCUT2D eigenvalue weighted by Gasteiger charge is -2.21. The second-order valence-electron chi connectivity index (χ2n) is 3.59. The van der Waals surface area contributed by atoms with Gasteiger partial charge in [0.25, 0.3) is 0 Å². The van der Waals surface area contributed by atoms with Gasteiger partial charge in [0, 0.05) is 30.7 Å². The van der Waals surface area contributed by atoms with Crippen LogP contribution in [0.1, 0.15) is 24.4 Å². The molecule has 2 atom stereocenters. The Morgan fingerprint density at radius 2 is 2.62 bits per heavy atom. The SMILES string of the molecule is C[C@H](c1nccs1)N1CC[C@H](N)C1. The third kappa shape index (κ3) is 1.90. The molecule has 1 saturated heterocycles. The molecule has 0 radical (unpaired) electrons. The van der Waals surface area contributed by atoms with Crippen LogP contribution in [0, 0.1) is 0 Å². The fourth-order valence-corrected chi connectivity index (χ4v) is 2.49. The average Bonchev–Trinajstić information content (AvgIpc) is 2.72. The fraction of sp³-hybridized carbons (Fsp3) is 0.667. The van der Waals surface area contributed by atoms with Crippen molar-refractivity contribution in [1.82, 2.24) is 9.88 Å². The first-order valence-electron chi connectivity index (χ1n) is 4.66. The molecular weight excluding hydrogens is 182 g/mol. The molecule has 3 nitrogen and oxygen atoms in total. The maximum Gasteiger partial charge on any atom is 0.109 e. The van der Waals surface area contributed by atoms with E-state index in [0.717, 1.165) is 19.5 Å². The Balaban J connectivity index is 2.02. The highest BCUT2D eigenvalue weighted by molar-refractivity contribution is 7.09. The van der Waals surface area contributed by atoms with Gasteiger partial charge >= 0.3 is 0 Å². The first-order chi connectivity index (χ1) is 6.27. The molecule has 0 saturated carbocycles. The van der Waals surface area contributed by atoms with Crippen LogP contribution in [0.2, 0.25) is 0 Å². The molecule has 1 fully saturated rings. The number of hydrogen-bond acceptors (Lipinski definition) is 4. The number of aromatic nitrogens is 1. The van der Waals surface area contributed by atoms with Crippen LogP contribution in [0.5, 0.6) is 0 Å². The van der Waals surface area contributed by atoms with E-state index in [1.54, 1.807) is 11.3 Å². The first-order valence-corrected chi connectivity index (χ1v) is 5.54. The molecule has 0 bridgehead atoms. The molecule has 1 aromatic heterocycles. The zero-order valence-corrected chi connectivity index (χ0v) is 8.63. The molecular formula is C9H15N3S. The van der Waals surface area contributed by atoms with E-state index in [9.17, 15) is 0 Å². The van der Waals surface area contributed by atoms with Gasteiger partial charge < -0.3 is 5.73 Å². The number of likely N-dealkylation sites (tertiary alicyclic amines) is 1. The van der Waals surface area contributed by atoms with Crippen LogP contribution in [0.3, 0.4) is 0 Å². The third-order valence-corrected chi connectivity index (χ3v) is 3.56. The Hall–Kier alpha value is -0.450. The largest absolute Gasteiger partial charge is 0.326 e. The van der Waals surface area contributed by atoms with Crippen molar-refractivity contribution in [2.24, 2.45) is 5.73 Å². The highest BCUT2D eigenvalue weighted by Crippen LogP contribution is 2.25. The van der Waals surface area contributed by atoms with Crippen molar-refractivity contribution in [1.29, 1.82) is 0 Å². The molecule has 13 heavy (non-hydrogen) atoms. The molecule has 1 aliphatic heterocycles. The van der Waals surface area contributed by atoms with E-state index < -0.39 is 0 Å². The molecule has 0 spiro atoms. The quantitative estimate of drug-likeness (QED) is 0.775. The number of thiazole rings is 1. The third-order valence-electron chi connectivity index (χ3n) is 2.61. The van der Waals surface area contributed by atoms with E-state index in [1.807, 2.05) is 11.6 Å². The van der Waals surface area contributed by atoms with Crippen molar-refractivity contribution >= 4 is 11.3 Å². The van der Waals surface area contributed by atoms with Crippen LogP contribution in [0.15, 0.2) is 11.6 Å². The smallest absolute Gasteiger partial charge is 0.109 e. The summed E-state index contributed by atoms with van der Waals surface area (Å²) in [6, 6.07) is 0.802. The van der Waals surface area contributed by atoms with Gasteiger partial charge in [-0.3, -0.25) is 4.90 Å². The summed E-state index contributed by atoms with van der Waals surface area (Å²) in [4.78, 5) is 6.73. The second-order valence-corrected chi connectivity index (χ2v) is 4.52. The van der Waals surface area contributed by atoms with Gasteiger partial charge in [0.1, 0.15) is 5.01 Å². The summed E-state index contributed by atoms with van der Waals surface area (Å²) >= 11 is 1.73. The molecule has 72 valence electrons. The molecule has 1 aliphatic rings. The molecule has 0 unspecified atom stereocenters. The lowest BCUT2D eigenvalue weighted by molar-refractivity contribution is 0.259. The summed E-state index contributed by atoms with van der Waals surface area (Å²) in [6.45, 7) is 4.33. The first kappa shape index (κ1) is 9.12. The zero-order chi connectivity index (χ0) is 9.26. The fourth-order valence-electron chi connectivity index (χ4n) is 1.76. The molecule has 2 rings (SSSR count). The normalized spacial score (nSPS) is 26.5. The summed E-state index contributed by atoms with van der Waals surface area (Å²) < 4.78 is 0. The number of rotatable bonds is 2. The molecule has 2 heterocycles. The van der Waals surface area contributed by atoms with Crippen molar-refractivity contribution in [2.45, 2.75) is 25.4 Å². The van der Waals surface area contributed by atoms with Crippen molar-refractivity contribution in [3.63, 3.8) is 0 Å². The van der Waals surface area contributed by atoms with Gasteiger partial charge in [0.05, 0.1) is 6.04 Å². The summed E-state index contributed by atoms with van der Waals surface area (Å²) in [7, 11) is 0. The van der Waals surface area contributed by atoms with Crippen molar-refractivity contribution in [3.8, 4) is 0 Å². The molecule has 4 heteroatoms. The van der Waals surface area contributed by atoms with Gasteiger partial charge in [-0.2, -0.15) is 0 Å². The van der Waals surface area contributed by atoms with E-state index in [1.165, 1.54) is 5.01 Å². The highest BCUT2D eigenvalue weighted by atomic mass is 32.1. The van der Waals surface area contributed by atoms with Crippen molar-refractivity contribution < 1.29 is 0 Å². The minimum absolute atomic E-state index is 0.363. The second kappa shape index (κ2) is 3.74. The number of nitrogens with two attached hydrogens (primary N) is 1. The Kier molecular flexibility index (Phi) is 2.62. The molecule has 0 aromatic carbocycles. The lowest BCUT2D eigenvalue weighted by atomic mass is 10.3. The average molecular weight is 197 g/mol. The maximum absolute atomic E-state index is 5.86. The Morgan fingerprint density at radius 1 is 1.77 bits per heavy atom. The van der Waals surface area contributed by atoms with E-state index in [0.29, 0.717) is 12.1 Å². The zero-order valence-electron chi connectivity index (χ0n) is 7.81. The summed E-state index contributed by atoms with van der Waals surface area (Å²) in [5, 5.41) is 3.23. The predicted molar refractivity (Wildman–Crippen MR) is 54.7 cm³/mol. The summed E-state index contributed by atoms with van der Waals surface area (Å²) in [5.74, 6) is 0. The van der Waals surface area contributed by atoms with Crippen LogP contribution in [0.4, 0.5) is 0 Å². The molecule has 2 N–H and O–H groups in total. The minimum Gasteiger partial charge on any atom is -0.326 e. The predicted octanol–water partition coefficient (Wildman–Crippen LogP) is 1.24. The van der Waals surface area contributed by atoms with Crippen molar-refractivity contribution in [3.05, 3.63) is 16.6 Å². The Morgan fingerprint density at radius 3 is 3.15 bits per heavy atom. The lowest BCUT2D eigenvalue weighted by Crippen LogP contribution is -2.28. The van der Waals surface area contributed by atoms with Gasteiger partial charge in [-0.25, -0.2) is 4.98 Å². The van der Waals surface area contributed by atoms with Crippen LogP contribution in [-0.4, -0.2) is 29.0 Å². The van der Waals surface area contributed by atoms with Crippen LogP contribution < -0.4 is 5.73 Å². The topological polar surface area (TPSA) is 42.2 Å². The Labute approximate surface area is 82.6 Å². The standard InChI is InChI=1S/C9H15N3S/c1-7(9-11-3-5-13-9)12-4-2-8(10)6-12/h3,5,7-8H,2,4,6,10H2,1H3/t7-,8+/m1/s1. The minimum atomic E-state index is 0.363. The highest BCUT2D eigenvalue weighted by Gasteiger charge is 2.25. The van der Waals surface area contributed by atoms with Gasteiger partial charge in [-0.15, -0.1) is 11.3 Å². The Bertz CT molecular complexity index is 260. The van der Waals surface area contributed by atoms with Gasteiger partial charge in [0.15, 0.2) is 0 Å².